The molecule has 0 fully saturated rings. The quantitative estimate of drug-likeness (QED) is 0.507. The minimum atomic E-state index is -3.84. The van der Waals surface area contributed by atoms with E-state index >= 15 is 0 Å². The van der Waals surface area contributed by atoms with Crippen LogP contribution in [0.1, 0.15) is 16.8 Å². The van der Waals surface area contributed by atoms with Gasteiger partial charge in [0.05, 0.1) is 17.9 Å². The van der Waals surface area contributed by atoms with Crippen LogP contribution in [0.4, 0.5) is 5.69 Å². The highest BCUT2D eigenvalue weighted by Crippen LogP contribution is 2.23. The van der Waals surface area contributed by atoms with Gasteiger partial charge >= 0.3 is 5.97 Å². The van der Waals surface area contributed by atoms with E-state index in [4.69, 9.17) is 14.6 Å². The number of aromatic carboxylic acids is 1. The third kappa shape index (κ3) is 6.14. The summed E-state index contributed by atoms with van der Waals surface area (Å²) in [5.74, 6) is -1.19. The number of carbonyl (C=O) groups is 1. The standard InChI is InChI=1S/C14H22N2O6S/c1-21-8-3-6-16-23(19,20)13-10-11(14(17)18)4-5-12(13)15-7-9-22-2/h4-5,10,15-16H,3,6-9H2,1-2H3,(H,17,18). The summed E-state index contributed by atoms with van der Waals surface area (Å²) in [7, 11) is -0.774. The van der Waals surface area contributed by atoms with Gasteiger partial charge < -0.3 is 19.9 Å². The first-order chi connectivity index (χ1) is 10.9. The maximum Gasteiger partial charge on any atom is 0.335 e. The normalized spacial score (nSPS) is 11.4. The zero-order valence-corrected chi connectivity index (χ0v) is 14.0. The number of hydrogen-bond acceptors (Lipinski definition) is 6. The summed E-state index contributed by atoms with van der Waals surface area (Å²) in [6.45, 7) is 1.41. The topological polar surface area (TPSA) is 114 Å². The highest BCUT2D eigenvalue weighted by molar-refractivity contribution is 7.89. The van der Waals surface area contributed by atoms with Crippen LogP contribution in [0.25, 0.3) is 0 Å². The molecule has 0 bridgehead atoms. The summed E-state index contributed by atoms with van der Waals surface area (Å²) in [4.78, 5) is 11.0. The van der Waals surface area contributed by atoms with Crippen molar-refractivity contribution >= 4 is 21.7 Å². The molecule has 0 aromatic heterocycles. The number of carboxylic acid groups (broad SMARTS) is 1. The van der Waals surface area contributed by atoms with Crippen LogP contribution in [-0.2, 0) is 19.5 Å². The Hall–Kier alpha value is -1.68. The smallest absolute Gasteiger partial charge is 0.335 e. The highest BCUT2D eigenvalue weighted by Gasteiger charge is 2.20. The van der Waals surface area contributed by atoms with E-state index in [1.54, 1.807) is 0 Å². The molecule has 0 amide bonds. The minimum absolute atomic E-state index is 0.0976. The fourth-order valence-electron chi connectivity index (χ4n) is 1.81. The first-order valence-electron chi connectivity index (χ1n) is 7.01. The van der Waals surface area contributed by atoms with Gasteiger partial charge in [-0.3, -0.25) is 0 Å². The predicted octanol–water partition coefficient (Wildman–Crippen LogP) is 0.758. The van der Waals surface area contributed by atoms with Crippen LogP contribution in [0.15, 0.2) is 23.1 Å². The summed E-state index contributed by atoms with van der Waals surface area (Å²) in [6, 6.07) is 3.92. The molecule has 1 aromatic carbocycles. The van der Waals surface area contributed by atoms with E-state index in [1.165, 1.54) is 26.4 Å². The Labute approximate surface area is 135 Å². The molecular formula is C14H22N2O6S. The van der Waals surface area contributed by atoms with Crippen LogP contribution in [0.2, 0.25) is 0 Å². The maximum absolute atomic E-state index is 12.4. The summed E-state index contributed by atoms with van der Waals surface area (Å²) >= 11 is 0. The molecule has 0 heterocycles. The molecule has 0 atom stereocenters. The lowest BCUT2D eigenvalue weighted by atomic mass is 10.2. The molecule has 130 valence electrons. The van der Waals surface area contributed by atoms with Gasteiger partial charge in [0.15, 0.2) is 0 Å². The van der Waals surface area contributed by atoms with Crippen LogP contribution in [-0.4, -0.2) is 60.0 Å². The van der Waals surface area contributed by atoms with Gasteiger partial charge in [-0.25, -0.2) is 17.9 Å². The van der Waals surface area contributed by atoms with Gasteiger partial charge in [0, 0.05) is 33.9 Å². The van der Waals surface area contributed by atoms with Crippen LogP contribution >= 0.6 is 0 Å². The van der Waals surface area contributed by atoms with E-state index in [9.17, 15) is 13.2 Å². The van der Waals surface area contributed by atoms with Crippen molar-refractivity contribution in [2.45, 2.75) is 11.3 Å². The molecule has 1 rings (SSSR count). The largest absolute Gasteiger partial charge is 0.478 e. The summed E-state index contributed by atoms with van der Waals surface area (Å²) in [5.41, 5.74) is 0.228. The fourth-order valence-corrected chi connectivity index (χ4v) is 3.09. The first kappa shape index (κ1) is 19.4. The second kappa shape index (κ2) is 9.46. The van der Waals surface area contributed by atoms with E-state index < -0.39 is 16.0 Å². The Balaban J connectivity index is 3.02. The second-order valence-corrected chi connectivity index (χ2v) is 6.42. The van der Waals surface area contributed by atoms with Crippen molar-refractivity contribution in [2.75, 3.05) is 45.8 Å². The zero-order chi connectivity index (χ0) is 17.3. The monoisotopic (exact) mass is 346 g/mol. The van der Waals surface area contributed by atoms with Crippen LogP contribution in [0.3, 0.4) is 0 Å². The number of nitrogens with one attached hydrogen (secondary N) is 2. The van der Waals surface area contributed by atoms with Crippen LogP contribution in [0.5, 0.6) is 0 Å². The fraction of sp³-hybridized carbons (Fsp3) is 0.500. The summed E-state index contributed by atoms with van der Waals surface area (Å²) < 4.78 is 37.0. The molecule has 0 spiro atoms. The number of benzene rings is 1. The summed E-state index contributed by atoms with van der Waals surface area (Å²) in [5, 5.41) is 12.0. The van der Waals surface area contributed by atoms with Crippen molar-refractivity contribution in [3.8, 4) is 0 Å². The third-order valence-electron chi connectivity index (χ3n) is 2.96. The predicted molar refractivity (Wildman–Crippen MR) is 85.4 cm³/mol. The molecule has 0 saturated heterocycles. The number of anilines is 1. The molecule has 1 aromatic rings. The second-order valence-electron chi connectivity index (χ2n) is 4.68. The van der Waals surface area contributed by atoms with Gasteiger partial charge in [0.2, 0.25) is 10.0 Å². The van der Waals surface area contributed by atoms with Gasteiger partial charge in [-0.1, -0.05) is 0 Å². The Morgan fingerprint density at radius 1 is 1.17 bits per heavy atom. The molecule has 9 heteroatoms. The number of ether oxygens (including phenoxy) is 2. The SMILES string of the molecule is COCCCNS(=O)(=O)c1cc(C(=O)O)ccc1NCCOC. The molecule has 8 nitrogen and oxygen atoms in total. The molecule has 0 aliphatic rings. The highest BCUT2D eigenvalue weighted by atomic mass is 32.2. The van der Waals surface area contributed by atoms with Crippen molar-refractivity contribution in [2.24, 2.45) is 0 Å². The van der Waals surface area contributed by atoms with E-state index in [0.717, 1.165) is 6.07 Å². The average Bonchev–Trinajstić information content (AvgIpc) is 2.52. The molecule has 0 unspecified atom stereocenters. The number of hydrogen-bond donors (Lipinski definition) is 3. The summed E-state index contributed by atoms with van der Waals surface area (Å²) in [6.07, 6.45) is 0.515. The minimum Gasteiger partial charge on any atom is -0.478 e. The Kier molecular flexibility index (Phi) is 7.96. The lowest BCUT2D eigenvalue weighted by molar-refractivity contribution is 0.0696. The Morgan fingerprint density at radius 3 is 2.48 bits per heavy atom. The number of carboxylic acids is 1. The Bertz CT molecular complexity index is 618. The van der Waals surface area contributed by atoms with Gasteiger partial charge in [-0.15, -0.1) is 0 Å². The van der Waals surface area contributed by atoms with E-state index in [2.05, 4.69) is 10.0 Å². The number of sulfonamides is 1. The lowest BCUT2D eigenvalue weighted by Gasteiger charge is -2.14. The van der Waals surface area contributed by atoms with Crippen LogP contribution in [0, 0.1) is 0 Å². The molecule has 3 N–H and O–H groups in total. The van der Waals surface area contributed by atoms with E-state index in [0.29, 0.717) is 31.9 Å². The van der Waals surface area contributed by atoms with Gasteiger partial charge in [-0.05, 0) is 24.6 Å². The third-order valence-corrected chi connectivity index (χ3v) is 4.46. The van der Waals surface area contributed by atoms with Crippen LogP contribution < -0.4 is 10.0 Å². The van der Waals surface area contributed by atoms with Crippen molar-refractivity contribution < 1.29 is 27.8 Å². The lowest BCUT2D eigenvalue weighted by Crippen LogP contribution is -2.27. The molecule has 23 heavy (non-hydrogen) atoms. The molecule has 0 aliphatic heterocycles. The van der Waals surface area contributed by atoms with Crippen molar-refractivity contribution in [3.63, 3.8) is 0 Å². The average molecular weight is 346 g/mol. The number of rotatable bonds is 11. The molecule has 0 radical (unpaired) electrons. The van der Waals surface area contributed by atoms with Crippen molar-refractivity contribution in [3.05, 3.63) is 23.8 Å². The van der Waals surface area contributed by atoms with E-state index in [1.807, 2.05) is 0 Å². The zero-order valence-electron chi connectivity index (χ0n) is 13.2. The van der Waals surface area contributed by atoms with Crippen molar-refractivity contribution in [1.82, 2.24) is 4.72 Å². The molecule has 0 saturated carbocycles. The number of methoxy groups -OCH3 is 2. The van der Waals surface area contributed by atoms with Crippen molar-refractivity contribution in [1.29, 1.82) is 0 Å². The van der Waals surface area contributed by atoms with E-state index in [-0.39, 0.29) is 17.0 Å². The molecule has 0 aliphatic carbocycles. The molecular weight excluding hydrogens is 324 g/mol. The van der Waals surface area contributed by atoms with Gasteiger partial charge in [0.25, 0.3) is 0 Å². The maximum atomic E-state index is 12.4. The van der Waals surface area contributed by atoms with Gasteiger partial charge in [-0.2, -0.15) is 0 Å². The Morgan fingerprint density at radius 2 is 1.87 bits per heavy atom. The first-order valence-corrected chi connectivity index (χ1v) is 8.49. The van der Waals surface area contributed by atoms with Gasteiger partial charge in [0.1, 0.15) is 4.90 Å².